The van der Waals surface area contributed by atoms with E-state index in [9.17, 15) is 4.79 Å². The summed E-state index contributed by atoms with van der Waals surface area (Å²) in [6.07, 6.45) is 2.88. The third-order valence-electron chi connectivity index (χ3n) is 4.27. The summed E-state index contributed by atoms with van der Waals surface area (Å²) in [7, 11) is 0. The van der Waals surface area contributed by atoms with Crippen LogP contribution >= 0.6 is 24.2 Å². The van der Waals surface area contributed by atoms with Gasteiger partial charge in [0.2, 0.25) is 5.91 Å². The first-order chi connectivity index (χ1) is 10.5. The van der Waals surface area contributed by atoms with Gasteiger partial charge in [-0.1, -0.05) is 5.16 Å². The molecule has 1 fully saturated rings. The fourth-order valence-electron chi connectivity index (χ4n) is 2.67. The number of benzene rings is 1. The summed E-state index contributed by atoms with van der Waals surface area (Å²) in [4.78, 5) is 17.3. The highest BCUT2D eigenvalue weighted by molar-refractivity contribution is 8.00. The van der Waals surface area contributed by atoms with Crippen molar-refractivity contribution >= 4 is 35.8 Å². The van der Waals surface area contributed by atoms with E-state index in [0.717, 1.165) is 35.4 Å². The minimum atomic E-state index is -0.435. The topological polar surface area (TPSA) is 94.0 Å². The number of hydrogen-bond acceptors (Lipinski definition) is 6. The van der Waals surface area contributed by atoms with Gasteiger partial charge in [0, 0.05) is 10.5 Å². The van der Waals surface area contributed by atoms with E-state index >= 15 is 0 Å². The Morgan fingerprint density at radius 2 is 2.22 bits per heavy atom. The summed E-state index contributed by atoms with van der Waals surface area (Å²) in [6.45, 7) is 1.89. The molecule has 2 aliphatic rings. The molecule has 1 aromatic heterocycles. The summed E-state index contributed by atoms with van der Waals surface area (Å²) >= 11 is 1.55. The van der Waals surface area contributed by atoms with Gasteiger partial charge in [-0.05, 0) is 44.4 Å². The number of halogens is 1. The number of nitrogens with two attached hydrogens (primary N) is 1. The Morgan fingerprint density at radius 3 is 2.91 bits per heavy atom. The van der Waals surface area contributed by atoms with Crippen LogP contribution in [0.25, 0.3) is 11.5 Å². The molecule has 2 aromatic rings. The second-order valence-corrected chi connectivity index (χ2v) is 7.28. The number of fused-ring (bicyclic) bond motifs is 1. The second-order valence-electron chi connectivity index (χ2n) is 5.89. The number of amides is 1. The van der Waals surface area contributed by atoms with E-state index < -0.39 is 5.54 Å². The molecule has 1 aliphatic carbocycles. The molecule has 1 aromatic carbocycles. The largest absolute Gasteiger partial charge is 0.334 e. The molecule has 6 nitrogen and oxygen atoms in total. The van der Waals surface area contributed by atoms with Gasteiger partial charge in [-0.3, -0.25) is 4.79 Å². The maximum absolute atomic E-state index is 11.8. The highest BCUT2D eigenvalue weighted by atomic mass is 35.5. The summed E-state index contributed by atoms with van der Waals surface area (Å²) in [6, 6.07) is 5.77. The molecule has 122 valence electrons. The van der Waals surface area contributed by atoms with Gasteiger partial charge in [0.25, 0.3) is 5.89 Å². The molecular formula is C15H17ClN4O2S. The van der Waals surface area contributed by atoms with Crippen LogP contribution in [0.4, 0.5) is 5.69 Å². The summed E-state index contributed by atoms with van der Waals surface area (Å²) < 4.78 is 5.35. The molecule has 0 saturated heterocycles. The van der Waals surface area contributed by atoms with E-state index in [1.165, 1.54) is 0 Å². The zero-order valence-corrected chi connectivity index (χ0v) is 14.2. The van der Waals surface area contributed by atoms with Crippen LogP contribution in [0.1, 0.15) is 32.0 Å². The number of thioether (sulfide) groups is 1. The van der Waals surface area contributed by atoms with Crippen molar-refractivity contribution in [2.45, 2.75) is 41.9 Å². The number of aromatic nitrogens is 2. The molecule has 1 atom stereocenters. The highest BCUT2D eigenvalue weighted by Gasteiger charge is 2.39. The Labute approximate surface area is 144 Å². The van der Waals surface area contributed by atoms with E-state index in [4.69, 9.17) is 10.3 Å². The Kier molecular flexibility index (Phi) is 4.12. The third-order valence-corrected chi connectivity index (χ3v) is 5.45. The average Bonchev–Trinajstić information content (AvgIpc) is 2.96. The molecule has 23 heavy (non-hydrogen) atoms. The minimum absolute atomic E-state index is 0. The van der Waals surface area contributed by atoms with Crippen molar-refractivity contribution in [3.8, 4) is 11.5 Å². The molecule has 0 bridgehead atoms. The first kappa shape index (κ1) is 16.3. The summed E-state index contributed by atoms with van der Waals surface area (Å²) in [5, 5.41) is 6.85. The standard InChI is InChI=1S/C15H16N4O2S.ClH/c1-8-12(20)17-10-7-9(3-4-11(10)22-8)13-18-14(19-21-13)15(16)5-2-6-15;/h3-4,7-8H,2,5-6,16H2,1H3,(H,17,20);1H. The SMILES string of the molecule is CC1Sc2ccc(-c3nc(C4(N)CCC4)no3)cc2NC1=O.Cl. The van der Waals surface area contributed by atoms with Gasteiger partial charge in [0.05, 0.1) is 16.5 Å². The summed E-state index contributed by atoms with van der Waals surface area (Å²) in [5.41, 5.74) is 7.36. The Bertz CT molecular complexity index is 760. The zero-order chi connectivity index (χ0) is 15.3. The van der Waals surface area contributed by atoms with Crippen molar-refractivity contribution in [3.05, 3.63) is 24.0 Å². The molecule has 4 rings (SSSR count). The second kappa shape index (κ2) is 5.81. The van der Waals surface area contributed by atoms with Gasteiger partial charge in [-0.25, -0.2) is 0 Å². The number of hydrogen-bond donors (Lipinski definition) is 2. The van der Waals surface area contributed by atoms with E-state index in [0.29, 0.717) is 11.7 Å². The van der Waals surface area contributed by atoms with Gasteiger partial charge in [-0.2, -0.15) is 4.98 Å². The highest BCUT2D eigenvalue weighted by Crippen LogP contribution is 2.40. The fraction of sp³-hybridized carbons (Fsp3) is 0.400. The monoisotopic (exact) mass is 352 g/mol. The van der Waals surface area contributed by atoms with E-state index in [2.05, 4.69) is 15.5 Å². The van der Waals surface area contributed by atoms with Crippen LogP contribution in [0.15, 0.2) is 27.6 Å². The lowest BCUT2D eigenvalue weighted by Crippen LogP contribution is -2.44. The number of nitrogens with one attached hydrogen (secondary N) is 1. The first-order valence-corrected chi connectivity index (χ1v) is 8.18. The molecule has 3 N–H and O–H groups in total. The normalized spacial score (nSPS) is 21.7. The maximum Gasteiger partial charge on any atom is 0.258 e. The zero-order valence-electron chi connectivity index (χ0n) is 12.5. The van der Waals surface area contributed by atoms with Crippen LogP contribution in [-0.2, 0) is 10.3 Å². The van der Waals surface area contributed by atoms with Crippen LogP contribution in [0.2, 0.25) is 0 Å². The number of anilines is 1. The molecule has 1 aliphatic heterocycles. The lowest BCUT2D eigenvalue weighted by Gasteiger charge is -2.34. The maximum atomic E-state index is 11.8. The molecule has 1 unspecified atom stereocenters. The Hall–Kier alpha value is -1.57. The van der Waals surface area contributed by atoms with Crippen molar-refractivity contribution in [3.63, 3.8) is 0 Å². The van der Waals surface area contributed by atoms with Gasteiger partial charge >= 0.3 is 0 Å². The van der Waals surface area contributed by atoms with Crippen LogP contribution < -0.4 is 11.1 Å². The molecule has 2 heterocycles. The Morgan fingerprint density at radius 1 is 1.43 bits per heavy atom. The first-order valence-electron chi connectivity index (χ1n) is 7.30. The fourth-order valence-corrected chi connectivity index (χ4v) is 3.60. The molecule has 1 saturated carbocycles. The number of nitrogens with zero attached hydrogens (tertiary/aromatic N) is 2. The van der Waals surface area contributed by atoms with Crippen LogP contribution in [0.3, 0.4) is 0 Å². The van der Waals surface area contributed by atoms with Crippen molar-refractivity contribution in [1.29, 1.82) is 0 Å². The molecular weight excluding hydrogens is 336 g/mol. The molecule has 1 amide bonds. The number of rotatable bonds is 2. The van der Waals surface area contributed by atoms with Gasteiger partial charge in [0.1, 0.15) is 0 Å². The smallest absolute Gasteiger partial charge is 0.258 e. The Balaban J connectivity index is 0.00000156. The van der Waals surface area contributed by atoms with Crippen molar-refractivity contribution in [2.24, 2.45) is 5.73 Å². The average molecular weight is 353 g/mol. The summed E-state index contributed by atoms with van der Waals surface area (Å²) in [5.74, 6) is 1.02. The van der Waals surface area contributed by atoms with E-state index in [-0.39, 0.29) is 23.6 Å². The third kappa shape index (κ3) is 2.73. The van der Waals surface area contributed by atoms with Gasteiger partial charge < -0.3 is 15.6 Å². The lowest BCUT2D eigenvalue weighted by molar-refractivity contribution is -0.115. The van der Waals surface area contributed by atoms with Crippen LogP contribution in [-0.4, -0.2) is 21.3 Å². The van der Waals surface area contributed by atoms with E-state index in [1.54, 1.807) is 11.8 Å². The molecule has 0 spiro atoms. The lowest BCUT2D eigenvalue weighted by atomic mass is 9.77. The minimum Gasteiger partial charge on any atom is -0.334 e. The molecule has 8 heteroatoms. The predicted molar refractivity (Wildman–Crippen MR) is 90.6 cm³/mol. The predicted octanol–water partition coefficient (Wildman–Crippen LogP) is 2.93. The quantitative estimate of drug-likeness (QED) is 0.863. The van der Waals surface area contributed by atoms with Crippen LogP contribution in [0, 0.1) is 0 Å². The van der Waals surface area contributed by atoms with Crippen molar-refractivity contribution in [2.75, 3.05) is 5.32 Å². The van der Waals surface area contributed by atoms with E-state index in [1.807, 2.05) is 25.1 Å². The van der Waals surface area contributed by atoms with Crippen molar-refractivity contribution < 1.29 is 9.32 Å². The van der Waals surface area contributed by atoms with Crippen molar-refractivity contribution in [1.82, 2.24) is 10.1 Å². The van der Waals surface area contributed by atoms with Gasteiger partial charge in [0.15, 0.2) is 5.82 Å². The number of carbonyl (C=O) groups is 1. The van der Waals surface area contributed by atoms with Gasteiger partial charge in [-0.15, -0.1) is 24.2 Å². The number of carbonyl (C=O) groups excluding carboxylic acids is 1. The molecule has 0 radical (unpaired) electrons. The van der Waals surface area contributed by atoms with Crippen LogP contribution in [0.5, 0.6) is 0 Å².